The first-order valence-electron chi connectivity index (χ1n) is 7.40. The van der Waals surface area contributed by atoms with Crippen molar-refractivity contribution in [3.05, 3.63) is 40.7 Å². The second-order valence-electron chi connectivity index (χ2n) is 5.16. The van der Waals surface area contributed by atoms with Crippen molar-refractivity contribution in [1.29, 1.82) is 0 Å². The predicted octanol–water partition coefficient (Wildman–Crippen LogP) is 4.43. The number of halogens is 1. The van der Waals surface area contributed by atoms with E-state index in [2.05, 4.69) is 19.9 Å². The second kappa shape index (κ2) is 6.33. The lowest BCUT2D eigenvalue weighted by molar-refractivity contribution is 0.282. The van der Waals surface area contributed by atoms with Gasteiger partial charge in [-0.15, -0.1) is 11.3 Å². The Kier molecular flexibility index (Phi) is 4.17. The number of hydrogen-bond donors (Lipinski definition) is 2. The van der Waals surface area contributed by atoms with Crippen molar-refractivity contribution in [3.8, 4) is 0 Å². The number of para-hydroxylation sites is 1. The van der Waals surface area contributed by atoms with Gasteiger partial charge in [0, 0.05) is 11.3 Å². The van der Waals surface area contributed by atoms with E-state index in [1.165, 1.54) is 11.8 Å². The molecule has 0 aliphatic heterocycles. The van der Waals surface area contributed by atoms with E-state index in [0.717, 1.165) is 32.2 Å². The summed E-state index contributed by atoms with van der Waals surface area (Å²) in [4.78, 5) is 16.7. The maximum Gasteiger partial charge on any atom is 0.198 e. The Morgan fingerprint density at radius 2 is 2.08 bits per heavy atom. The molecule has 8 heteroatoms. The Morgan fingerprint density at radius 1 is 1.25 bits per heavy atom. The quantitative estimate of drug-likeness (QED) is 0.407. The summed E-state index contributed by atoms with van der Waals surface area (Å²) < 4.78 is 2.00. The van der Waals surface area contributed by atoms with Crippen LogP contribution in [0.25, 0.3) is 21.3 Å². The fourth-order valence-corrected chi connectivity index (χ4v) is 4.90. The van der Waals surface area contributed by atoms with Crippen LogP contribution in [0.5, 0.6) is 0 Å². The molecule has 3 aromatic heterocycles. The summed E-state index contributed by atoms with van der Waals surface area (Å²) in [5.41, 5.74) is 3.33. The van der Waals surface area contributed by atoms with Crippen molar-refractivity contribution in [1.82, 2.24) is 19.9 Å². The molecule has 1 aromatic carbocycles. The van der Waals surface area contributed by atoms with E-state index < -0.39 is 0 Å². The van der Waals surface area contributed by atoms with Gasteiger partial charge in [-0.1, -0.05) is 30.7 Å². The summed E-state index contributed by atoms with van der Waals surface area (Å²) in [7, 11) is 0. The molecule has 0 spiro atoms. The predicted molar refractivity (Wildman–Crippen MR) is 97.9 cm³/mol. The Balaban J connectivity index is 1.77. The molecule has 2 N–H and O–H groups in total. The van der Waals surface area contributed by atoms with E-state index >= 15 is 0 Å². The fourth-order valence-electron chi connectivity index (χ4n) is 2.64. The van der Waals surface area contributed by atoms with Gasteiger partial charge in [0.15, 0.2) is 9.50 Å². The van der Waals surface area contributed by atoms with Gasteiger partial charge >= 0.3 is 0 Å². The zero-order valence-corrected chi connectivity index (χ0v) is 15.1. The van der Waals surface area contributed by atoms with E-state index in [9.17, 15) is 5.11 Å². The van der Waals surface area contributed by atoms with Gasteiger partial charge in [0.25, 0.3) is 0 Å². The van der Waals surface area contributed by atoms with Gasteiger partial charge in [0.2, 0.25) is 0 Å². The summed E-state index contributed by atoms with van der Waals surface area (Å²) in [6.07, 6.45) is 0.767. The number of nitrogens with zero attached hydrogens (tertiary/aromatic N) is 3. The maximum absolute atomic E-state index is 9.60. The summed E-state index contributed by atoms with van der Waals surface area (Å²) in [6.45, 7) is 1.93. The Bertz CT molecular complexity index is 1010. The average molecular weight is 377 g/mol. The number of rotatable bonds is 4. The van der Waals surface area contributed by atoms with Crippen LogP contribution in [-0.4, -0.2) is 25.0 Å². The number of nitrogens with one attached hydrogen (secondary N) is 1. The van der Waals surface area contributed by atoms with Gasteiger partial charge in [-0.05, 0) is 30.3 Å². The molecule has 0 aliphatic carbocycles. The highest BCUT2D eigenvalue weighted by atomic mass is 35.5. The molecule has 0 aliphatic rings. The summed E-state index contributed by atoms with van der Waals surface area (Å²) in [5.74, 6) is 0. The number of aliphatic hydroxyl groups excluding tert-OH is 1. The van der Waals surface area contributed by atoms with Gasteiger partial charge in [-0.25, -0.2) is 15.0 Å². The van der Waals surface area contributed by atoms with Crippen LogP contribution >= 0.6 is 34.7 Å². The van der Waals surface area contributed by atoms with Gasteiger partial charge in [-0.3, -0.25) is 0 Å². The lowest BCUT2D eigenvalue weighted by Crippen LogP contribution is -1.91. The first-order valence-corrected chi connectivity index (χ1v) is 9.42. The van der Waals surface area contributed by atoms with Crippen LogP contribution in [0.4, 0.5) is 0 Å². The minimum absolute atomic E-state index is 0.0867. The number of aliphatic hydroxyl groups is 1. The van der Waals surface area contributed by atoms with Crippen molar-refractivity contribution in [3.63, 3.8) is 0 Å². The van der Waals surface area contributed by atoms with Crippen molar-refractivity contribution in [2.75, 3.05) is 0 Å². The van der Waals surface area contributed by atoms with Gasteiger partial charge < -0.3 is 10.1 Å². The van der Waals surface area contributed by atoms with Gasteiger partial charge in [0.1, 0.15) is 10.8 Å². The third-order valence-corrected chi connectivity index (χ3v) is 5.98. The van der Waals surface area contributed by atoms with E-state index in [4.69, 9.17) is 11.6 Å². The van der Waals surface area contributed by atoms with Crippen LogP contribution in [0.15, 0.2) is 33.8 Å². The molecule has 4 aromatic rings. The van der Waals surface area contributed by atoms with Crippen molar-refractivity contribution >= 4 is 55.9 Å². The summed E-state index contributed by atoms with van der Waals surface area (Å²) in [5, 5.41) is 11.2. The molecule has 0 atom stereocenters. The zero-order valence-electron chi connectivity index (χ0n) is 12.7. The molecule has 0 saturated heterocycles. The monoisotopic (exact) mass is 376 g/mol. The topological polar surface area (TPSA) is 74.7 Å². The molecule has 0 radical (unpaired) electrons. The zero-order chi connectivity index (χ0) is 16.7. The standard InChI is InChI=1S/C16H13ClN4OS2/c1-2-9-8(7-22)12-13(17)20-15(21-14(12)18-9)24-16-19-10-5-3-4-6-11(10)23-16/h3-6,22H,2,7H2,1H3,(H,18,20,21). The Labute approximate surface area is 151 Å². The molecule has 0 amide bonds. The van der Waals surface area contributed by atoms with Crippen LogP contribution < -0.4 is 0 Å². The second-order valence-corrected chi connectivity index (χ2v) is 7.77. The number of benzene rings is 1. The SMILES string of the molecule is CCc1[nH]c2nc(Sc3nc4ccccc4s3)nc(Cl)c2c1CO. The minimum Gasteiger partial charge on any atom is -0.392 e. The number of hydrogen-bond acceptors (Lipinski definition) is 6. The van der Waals surface area contributed by atoms with Crippen LogP contribution in [0.1, 0.15) is 18.2 Å². The average Bonchev–Trinajstić information content (AvgIpc) is 3.14. The minimum atomic E-state index is -0.0867. The highest BCUT2D eigenvalue weighted by Crippen LogP contribution is 2.35. The van der Waals surface area contributed by atoms with Crippen molar-refractivity contribution < 1.29 is 5.11 Å². The Hall–Kier alpha value is -1.67. The van der Waals surface area contributed by atoms with Crippen molar-refractivity contribution in [2.45, 2.75) is 29.4 Å². The fraction of sp³-hybridized carbons (Fsp3) is 0.188. The molecule has 4 rings (SSSR count). The number of aromatic nitrogens is 4. The highest BCUT2D eigenvalue weighted by molar-refractivity contribution is 8.01. The number of thiazole rings is 1. The number of fused-ring (bicyclic) bond motifs is 2. The molecule has 5 nitrogen and oxygen atoms in total. The highest BCUT2D eigenvalue weighted by Gasteiger charge is 2.17. The normalized spacial score (nSPS) is 11.6. The number of H-pyrrole nitrogens is 1. The van der Waals surface area contributed by atoms with Gasteiger partial charge in [0.05, 0.1) is 22.2 Å². The molecule has 0 saturated carbocycles. The lowest BCUT2D eigenvalue weighted by atomic mass is 10.1. The molecule has 122 valence electrons. The third kappa shape index (κ3) is 2.67. The molecule has 0 fully saturated rings. The van der Waals surface area contributed by atoms with E-state index in [-0.39, 0.29) is 6.61 Å². The molecular formula is C16H13ClN4OS2. The van der Waals surface area contributed by atoms with E-state index in [1.807, 2.05) is 31.2 Å². The van der Waals surface area contributed by atoms with Crippen molar-refractivity contribution in [2.24, 2.45) is 0 Å². The summed E-state index contributed by atoms with van der Waals surface area (Å²) in [6, 6.07) is 7.99. The lowest BCUT2D eigenvalue weighted by Gasteiger charge is -2.00. The molecule has 3 heterocycles. The third-order valence-electron chi connectivity index (χ3n) is 3.74. The van der Waals surface area contributed by atoms with Gasteiger partial charge in [-0.2, -0.15) is 0 Å². The van der Waals surface area contributed by atoms with E-state index in [1.54, 1.807) is 11.3 Å². The molecule has 0 bridgehead atoms. The first-order chi connectivity index (χ1) is 11.7. The summed E-state index contributed by atoms with van der Waals surface area (Å²) >= 11 is 9.34. The Morgan fingerprint density at radius 3 is 2.83 bits per heavy atom. The van der Waals surface area contributed by atoms with Crippen LogP contribution in [0.3, 0.4) is 0 Å². The van der Waals surface area contributed by atoms with Crippen LogP contribution in [0.2, 0.25) is 5.15 Å². The number of aryl methyl sites for hydroxylation is 1. The molecule has 0 unspecified atom stereocenters. The first kappa shape index (κ1) is 15.8. The van der Waals surface area contributed by atoms with Crippen LogP contribution in [0, 0.1) is 0 Å². The smallest absolute Gasteiger partial charge is 0.198 e. The molecule has 24 heavy (non-hydrogen) atoms. The maximum atomic E-state index is 9.60. The van der Waals surface area contributed by atoms with E-state index in [0.29, 0.717) is 21.3 Å². The number of aromatic amines is 1. The largest absolute Gasteiger partial charge is 0.392 e. The molecular weight excluding hydrogens is 364 g/mol. The van der Waals surface area contributed by atoms with Crippen LogP contribution in [-0.2, 0) is 13.0 Å².